The lowest BCUT2D eigenvalue weighted by Gasteiger charge is -2.22. The topological polar surface area (TPSA) is 29.1 Å². The zero-order valence-corrected chi connectivity index (χ0v) is 7.79. The van der Waals surface area contributed by atoms with Crippen LogP contribution in [0, 0.1) is 5.82 Å². The molecule has 2 nitrogen and oxygen atoms in total. The minimum Gasteiger partial charge on any atom is -0.356 e. The van der Waals surface area contributed by atoms with E-state index in [1.165, 1.54) is 6.07 Å². The van der Waals surface area contributed by atoms with Gasteiger partial charge in [-0.1, -0.05) is 18.2 Å². The first-order valence-electron chi connectivity index (χ1n) is 4.78. The third-order valence-electron chi connectivity index (χ3n) is 2.59. The van der Waals surface area contributed by atoms with E-state index in [-0.39, 0.29) is 17.6 Å². The van der Waals surface area contributed by atoms with Gasteiger partial charge in [0.15, 0.2) is 0 Å². The number of carbonyl (C=O) groups excluding carboxylic acids is 1. The van der Waals surface area contributed by atoms with Gasteiger partial charge >= 0.3 is 0 Å². The summed E-state index contributed by atoms with van der Waals surface area (Å²) in [6, 6.07) is 6.69. The molecule has 1 N–H and O–H groups in total. The fourth-order valence-electron chi connectivity index (χ4n) is 1.86. The van der Waals surface area contributed by atoms with Crippen molar-refractivity contribution < 1.29 is 9.18 Å². The Morgan fingerprint density at radius 2 is 2.14 bits per heavy atom. The van der Waals surface area contributed by atoms with E-state index in [0.717, 1.165) is 6.42 Å². The van der Waals surface area contributed by atoms with Crippen molar-refractivity contribution in [2.75, 3.05) is 6.54 Å². The van der Waals surface area contributed by atoms with Crippen LogP contribution in [-0.2, 0) is 4.79 Å². The van der Waals surface area contributed by atoms with Gasteiger partial charge in [0.25, 0.3) is 0 Å². The first kappa shape index (κ1) is 9.19. The van der Waals surface area contributed by atoms with Crippen molar-refractivity contribution in [2.45, 2.75) is 18.8 Å². The molecule has 1 saturated heterocycles. The second-order valence-corrected chi connectivity index (χ2v) is 3.56. The van der Waals surface area contributed by atoms with Crippen LogP contribution in [0.2, 0.25) is 0 Å². The van der Waals surface area contributed by atoms with Gasteiger partial charge in [-0.3, -0.25) is 4.79 Å². The maximum Gasteiger partial charge on any atom is 0.220 e. The van der Waals surface area contributed by atoms with E-state index in [2.05, 4.69) is 5.32 Å². The molecule has 0 aliphatic carbocycles. The van der Waals surface area contributed by atoms with Gasteiger partial charge in [-0.2, -0.15) is 0 Å². The van der Waals surface area contributed by atoms with Crippen LogP contribution in [0.25, 0.3) is 0 Å². The van der Waals surface area contributed by atoms with Crippen LogP contribution < -0.4 is 5.32 Å². The van der Waals surface area contributed by atoms with Gasteiger partial charge < -0.3 is 5.32 Å². The van der Waals surface area contributed by atoms with Crippen LogP contribution >= 0.6 is 0 Å². The number of carbonyl (C=O) groups is 1. The van der Waals surface area contributed by atoms with Gasteiger partial charge in [-0.05, 0) is 24.0 Å². The average molecular weight is 193 g/mol. The van der Waals surface area contributed by atoms with Crippen molar-refractivity contribution >= 4 is 5.91 Å². The van der Waals surface area contributed by atoms with Gasteiger partial charge in [-0.15, -0.1) is 0 Å². The number of benzene rings is 1. The van der Waals surface area contributed by atoms with Crippen LogP contribution in [-0.4, -0.2) is 12.5 Å². The normalized spacial score (nSPS) is 21.8. The maximum atomic E-state index is 13.4. The summed E-state index contributed by atoms with van der Waals surface area (Å²) in [4.78, 5) is 11.1. The summed E-state index contributed by atoms with van der Waals surface area (Å²) < 4.78 is 13.4. The molecular weight excluding hydrogens is 181 g/mol. The fraction of sp³-hybridized carbons (Fsp3) is 0.364. The van der Waals surface area contributed by atoms with Gasteiger partial charge in [0.2, 0.25) is 5.91 Å². The Kier molecular flexibility index (Phi) is 2.48. The Bertz CT molecular complexity index is 351. The summed E-state index contributed by atoms with van der Waals surface area (Å²) in [6.45, 7) is 0.651. The second kappa shape index (κ2) is 3.78. The molecule has 0 spiro atoms. The number of nitrogens with one attached hydrogen (secondary N) is 1. The summed E-state index contributed by atoms with van der Waals surface area (Å²) in [5.41, 5.74) is 0.669. The van der Waals surface area contributed by atoms with Crippen molar-refractivity contribution in [3.8, 4) is 0 Å². The highest BCUT2D eigenvalue weighted by molar-refractivity contribution is 5.77. The maximum absolute atomic E-state index is 13.4. The Hall–Kier alpha value is -1.38. The van der Waals surface area contributed by atoms with Crippen molar-refractivity contribution in [3.05, 3.63) is 35.6 Å². The van der Waals surface area contributed by atoms with Crippen molar-refractivity contribution in [2.24, 2.45) is 0 Å². The summed E-state index contributed by atoms with van der Waals surface area (Å²) in [5.74, 6) is -0.137. The van der Waals surface area contributed by atoms with Crippen molar-refractivity contribution in [3.63, 3.8) is 0 Å². The molecule has 0 bridgehead atoms. The summed E-state index contributed by atoms with van der Waals surface area (Å²) in [6.07, 6.45) is 1.23. The highest BCUT2D eigenvalue weighted by atomic mass is 19.1. The molecule has 1 aromatic rings. The Morgan fingerprint density at radius 1 is 1.36 bits per heavy atom. The standard InChI is InChI=1S/C11H12FNO/c12-10-4-2-1-3-9(10)8-5-6-13-11(14)7-8/h1-4,8H,5-7H2,(H,13,14)/t8-/m1/s1. The average Bonchev–Trinajstić information content (AvgIpc) is 2.18. The molecule has 0 unspecified atom stereocenters. The molecule has 1 fully saturated rings. The third-order valence-corrected chi connectivity index (χ3v) is 2.59. The van der Waals surface area contributed by atoms with E-state index < -0.39 is 0 Å². The first-order chi connectivity index (χ1) is 6.77. The number of piperidine rings is 1. The SMILES string of the molecule is O=C1C[C@H](c2ccccc2F)CCN1. The molecule has 1 amide bonds. The Morgan fingerprint density at radius 3 is 2.86 bits per heavy atom. The Labute approximate surface area is 82.1 Å². The van der Waals surface area contributed by atoms with E-state index in [1.54, 1.807) is 12.1 Å². The minimum atomic E-state index is -0.202. The van der Waals surface area contributed by atoms with Crippen LogP contribution in [0.3, 0.4) is 0 Å². The van der Waals surface area contributed by atoms with Gasteiger partial charge in [0.05, 0.1) is 0 Å². The monoisotopic (exact) mass is 193 g/mol. The second-order valence-electron chi connectivity index (χ2n) is 3.56. The smallest absolute Gasteiger partial charge is 0.220 e. The van der Waals surface area contributed by atoms with Crippen molar-refractivity contribution in [1.29, 1.82) is 0 Å². The van der Waals surface area contributed by atoms with Crippen LogP contribution in [0.15, 0.2) is 24.3 Å². The molecule has 1 aliphatic rings. The van der Waals surface area contributed by atoms with E-state index in [9.17, 15) is 9.18 Å². The van der Waals surface area contributed by atoms with E-state index >= 15 is 0 Å². The summed E-state index contributed by atoms with van der Waals surface area (Å²) in [5, 5.41) is 2.74. The van der Waals surface area contributed by atoms with Crippen LogP contribution in [0.4, 0.5) is 4.39 Å². The zero-order valence-electron chi connectivity index (χ0n) is 7.79. The minimum absolute atomic E-state index is 0.0181. The highest BCUT2D eigenvalue weighted by Crippen LogP contribution is 2.27. The summed E-state index contributed by atoms with van der Waals surface area (Å²) >= 11 is 0. The van der Waals surface area contributed by atoms with E-state index in [4.69, 9.17) is 0 Å². The lowest BCUT2D eigenvalue weighted by molar-refractivity contribution is -0.122. The number of rotatable bonds is 1. The zero-order chi connectivity index (χ0) is 9.97. The lowest BCUT2D eigenvalue weighted by Crippen LogP contribution is -2.32. The van der Waals surface area contributed by atoms with E-state index in [0.29, 0.717) is 18.5 Å². The molecule has 2 rings (SSSR count). The molecule has 1 aromatic carbocycles. The molecule has 1 heterocycles. The van der Waals surface area contributed by atoms with Gasteiger partial charge in [0.1, 0.15) is 5.82 Å². The largest absolute Gasteiger partial charge is 0.356 e. The Balaban J connectivity index is 2.22. The predicted octanol–water partition coefficient (Wildman–Crippen LogP) is 1.82. The van der Waals surface area contributed by atoms with Gasteiger partial charge in [0, 0.05) is 13.0 Å². The molecule has 0 radical (unpaired) electrons. The highest BCUT2D eigenvalue weighted by Gasteiger charge is 2.22. The molecule has 0 aromatic heterocycles. The first-order valence-corrected chi connectivity index (χ1v) is 4.78. The number of hydrogen-bond donors (Lipinski definition) is 1. The molecule has 0 saturated carbocycles. The summed E-state index contributed by atoms with van der Waals surface area (Å²) in [7, 11) is 0. The molecule has 74 valence electrons. The fourth-order valence-corrected chi connectivity index (χ4v) is 1.86. The van der Waals surface area contributed by atoms with Crippen LogP contribution in [0.1, 0.15) is 24.3 Å². The molecule has 1 aliphatic heterocycles. The van der Waals surface area contributed by atoms with Crippen LogP contribution in [0.5, 0.6) is 0 Å². The predicted molar refractivity (Wildman–Crippen MR) is 51.4 cm³/mol. The number of halogens is 1. The van der Waals surface area contributed by atoms with E-state index in [1.807, 2.05) is 6.07 Å². The van der Waals surface area contributed by atoms with Gasteiger partial charge in [-0.25, -0.2) is 4.39 Å². The molecule has 1 atom stereocenters. The number of amides is 1. The number of hydrogen-bond acceptors (Lipinski definition) is 1. The third kappa shape index (κ3) is 1.76. The lowest BCUT2D eigenvalue weighted by atomic mass is 9.89. The van der Waals surface area contributed by atoms with Crippen molar-refractivity contribution in [1.82, 2.24) is 5.32 Å². The molecular formula is C11H12FNO. The quantitative estimate of drug-likeness (QED) is 0.724. The molecule has 3 heteroatoms. The molecule has 14 heavy (non-hydrogen) atoms.